The van der Waals surface area contributed by atoms with E-state index < -0.39 is 5.95 Å². The summed E-state index contributed by atoms with van der Waals surface area (Å²) in [6.07, 6.45) is 2.91. The van der Waals surface area contributed by atoms with Crippen molar-refractivity contribution in [3.8, 4) is 0 Å². The van der Waals surface area contributed by atoms with E-state index >= 15 is 0 Å². The standard InChI is InChI=1S/C15H10FN3O/c16-14-6-3-11(9-18-14)15(20)19-12-4-5-13-10(8-12)2-1-7-17-13/h1-9H,(H,19,20). The van der Waals surface area contributed by atoms with E-state index in [9.17, 15) is 9.18 Å². The minimum absolute atomic E-state index is 0.303. The third-order valence-corrected chi connectivity index (χ3v) is 2.85. The molecule has 0 aliphatic carbocycles. The topological polar surface area (TPSA) is 54.9 Å². The maximum atomic E-state index is 12.7. The number of aromatic nitrogens is 2. The molecule has 20 heavy (non-hydrogen) atoms. The van der Waals surface area contributed by atoms with Gasteiger partial charge in [0.25, 0.3) is 5.91 Å². The van der Waals surface area contributed by atoms with Gasteiger partial charge in [0.05, 0.1) is 11.1 Å². The van der Waals surface area contributed by atoms with Crippen molar-refractivity contribution in [3.05, 3.63) is 66.4 Å². The zero-order valence-corrected chi connectivity index (χ0v) is 10.4. The van der Waals surface area contributed by atoms with E-state index in [1.807, 2.05) is 24.3 Å². The van der Waals surface area contributed by atoms with Crippen LogP contribution in [0.15, 0.2) is 54.9 Å². The molecule has 0 saturated carbocycles. The molecule has 0 aliphatic rings. The SMILES string of the molecule is O=C(Nc1ccc2ncccc2c1)c1ccc(F)nc1. The number of nitrogens with one attached hydrogen (secondary N) is 1. The van der Waals surface area contributed by atoms with E-state index in [0.29, 0.717) is 11.3 Å². The van der Waals surface area contributed by atoms with Crippen molar-refractivity contribution in [2.45, 2.75) is 0 Å². The van der Waals surface area contributed by atoms with Crippen LogP contribution in [0.3, 0.4) is 0 Å². The fourth-order valence-electron chi connectivity index (χ4n) is 1.87. The molecule has 0 bridgehead atoms. The highest BCUT2D eigenvalue weighted by Crippen LogP contribution is 2.17. The van der Waals surface area contributed by atoms with Gasteiger partial charge in [0.15, 0.2) is 0 Å². The van der Waals surface area contributed by atoms with Crippen LogP contribution in [0, 0.1) is 5.95 Å². The number of hydrogen-bond donors (Lipinski definition) is 1. The van der Waals surface area contributed by atoms with Gasteiger partial charge in [-0.05, 0) is 36.4 Å². The Kier molecular flexibility index (Phi) is 3.09. The average Bonchev–Trinajstić information content (AvgIpc) is 2.48. The number of nitrogens with zero attached hydrogens (tertiary/aromatic N) is 2. The number of halogens is 1. The summed E-state index contributed by atoms with van der Waals surface area (Å²) in [4.78, 5) is 19.6. The second-order valence-corrected chi connectivity index (χ2v) is 4.23. The predicted octanol–water partition coefficient (Wildman–Crippen LogP) is 3.02. The van der Waals surface area contributed by atoms with Crippen LogP contribution < -0.4 is 5.32 Å². The lowest BCUT2D eigenvalue weighted by molar-refractivity contribution is 0.102. The van der Waals surface area contributed by atoms with Crippen molar-refractivity contribution >= 4 is 22.5 Å². The molecule has 0 spiro atoms. The second kappa shape index (κ2) is 5.05. The van der Waals surface area contributed by atoms with Gasteiger partial charge in [-0.1, -0.05) is 6.07 Å². The van der Waals surface area contributed by atoms with Crippen molar-refractivity contribution in [3.63, 3.8) is 0 Å². The van der Waals surface area contributed by atoms with Crippen LogP contribution in [0.4, 0.5) is 10.1 Å². The summed E-state index contributed by atoms with van der Waals surface area (Å²) in [5.41, 5.74) is 1.81. The van der Waals surface area contributed by atoms with E-state index in [2.05, 4.69) is 15.3 Å². The largest absolute Gasteiger partial charge is 0.322 e. The normalized spacial score (nSPS) is 10.4. The molecule has 98 valence electrons. The van der Waals surface area contributed by atoms with E-state index in [1.165, 1.54) is 12.3 Å². The summed E-state index contributed by atoms with van der Waals surface area (Å²) in [5, 5.41) is 3.67. The van der Waals surface area contributed by atoms with Crippen LogP contribution in [0.1, 0.15) is 10.4 Å². The molecule has 4 nitrogen and oxygen atoms in total. The maximum absolute atomic E-state index is 12.7. The molecule has 0 fully saturated rings. The number of carbonyl (C=O) groups is 1. The van der Waals surface area contributed by atoms with Gasteiger partial charge >= 0.3 is 0 Å². The fourth-order valence-corrected chi connectivity index (χ4v) is 1.87. The fraction of sp³-hybridized carbons (Fsp3) is 0. The van der Waals surface area contributed by atoms with Gasteiger partial charge < -0.3 is 5.32 Å². The Hall–Kier alpha value is -2.82. The Morgan fingerprint density at radius 2 is 2.00 bits per heavy atom. The molecule has 3 aromatic rings. The van der Waals surface area contributed by atoms with Gasteiger partial charge in [-0.3, -0.25) is 9.78 Å². The number of carbonyl (C=O) groups excluding carboxylic acids is 1. The van der Waals surface area contributed by atoms with Crippen LogP contribution in [0.5, 0.6) is 0 Å². The molecule has 2 heterocycles. The van der Waals surface area contributed by atoms with Crippen LogP contribution in [-0.2, 0) is 0 Å². The lowest BCUT2D eigenvalue weighted by Gasteiger charge is -2.06. The molecule has 3 rings (SSSR count). The molecule has 0 saturated heterocycles. The van der Waals surface area contributed by atoms with Gasteiger partial charge in [0.2, 0.25) is 5.95 Å². The van der Waals surface area contributed by atoms with E-state index in [4.69, 9.17) is 0 Å². The molecule has 5 heteroatoms. The van der Waals surface area contributed by atoms with Crippen LogP contribution >= 0.6 is 0 Å². The Balaban J connectivity index is 1.85. The molecule has 0 unspecified atom stereocenters. The third-order valence-electron chi connectivity index (χ3n) is 2.85. The molecule has 0 radical (unpaired) electrons. The smallest absolute Gasteiger partial charge is 0.257 e. The minimum Gasteiger partial charge on any atom is -0.322 e. The van der Waals surface area contributed by atoms with Crippen LogP contribution in [-0.4, -0.2) is 15.9 Å². The average molecular weight is 267 g/mol. The number of rotatable bonds is 2. The molecular formula is C15H10FN3O. The zero-order chi connectivity index (χ0) is 13.9. The van der Waals surface area contributed by atoms with E-state index in [1.54, 1.807) is 12.3 Å². The monoisotopic (exact) mass is 267 g/mol. The number of anilines is 1. The van der Waals surface area contributed by atoms with E-state index in [0.717, 1.165) is 17.0 Å². The van der Waals surface area contributed by atoms with Crippen molar-refractivity contribution < 1.29 is 9.18 Å². The van der Waals surface area contributed by atoms with Crippen LogP contribution in [0.2, 0.25) is 0 Å². The highest BCUT2D eigenvalue weighted by Gasteiger charge is 2.07. The Bertz CT molecular complexity index is 771. The molecule has 1 N–H and O–H groups in total. The summed E-state index contributed by atoms with van der Waals surface area (Å²) in [6, 6.07) is 11.7. The highest BCUT2D eigenvalue weighted by molar-refractivity contribution is 6.04. The van der Waals surface area contributed by atoms with Gasteiger partial charge in [-0.25, -0.2) is 4.98 Å². The van der Waals surface area contributed by atoms with Gasteiger partial charge in [0.1, 0.15) is 0 Å². The predicted molar refractivity (Wildman–Crippen MR) is 73.9 cm³/mol. The van der Waals surface area contributed by atoms with Crippen molar-refractivity contribution in [1.29, 1.82) is 0 Å². The molecular weight excluding hydrogens is 257 g/mol. The summed E-state index contributed by atoms with van der Waals surface area (Å²) >= 11 is 0. The molecule has 1 amide bonds. The molecule has 0 atom stereocenters. The number of fused-ring (bicyclic) bond motifs is 1. The third kappa shape index (κ3) is 2.47. The van der Waals surface area contributed by atoms with Gasteiger partial charge in [-0.2, -0.15) is 4.39 Å². The summed E-state index contributed by atoms with van der Waals surface area (Å²) in [7, 11) is 0. The zero-order valence-electron chi connectivity index (χ0n) is 10.4. The van der Waals surface area contributed by atoms with Crippen molar-refractivity contribution in [2.24, 2.45) is 0 Å². The Labute approximate surface area is 114 Å². The first-order chi connectivity index (χ1) is 9.72. The highest BCUT2D eigenvalue weighted by atomic mass is 19.1. The van der Waals surface area contributed by atoms with Crippen LogP contribution in [0.25, 0.3) is 10.9 Å². The van der Waals surface area contributed by atoms with Gasteiger partial charge in [-0.15, -0.1) is 0 Å². The van der Waals surface area contributed by atoms with Crippen molar-refractivity contribution in [1.82, 2.24) is 9.97 Å². The van der Waals surface area contributed by atoms with Gasteiger partial charge in [0, 0.05) is 23.5 Å². The van der Waals surface area contributed by atoms with E-state index in [-0.39, 0.29) is 5.91 Å². The lowest BCUT2D eigenvalue weighted by atomic mass is 10.2. The molecule has 2 aromatic heterocycles. The molecule has 0 aliphatic heterocycles. The maximum Gasteiger partial charge on any atom is 0.257 e. The summed E-state index contributed by atoms with van der Waals surface area (Å²) in [6.45, 7) is 0. The summed E-state index contributed by atoms with van der Waals surface area (Å²) in [5.74, 6) is -0.945. The minimum atomic E-state index is -0.613. The number of benzene rings is 1. The summed E-state index contributed by atoms with van der Waals surface area (Å²) < 4.78 is 12.7. The number of hydrogen-bond acceptors (Lipinski definition) is 3. The Morgan fingerprint density at radius 1 is 1.10 bits per heavy atom. The number of amides is 1. The van der Waals surface area contributed by atoms with Crippen molar-refractivity contribution in [2.75, 3.05) is 5.32 Å². The first-order valence-electron chi connectivity index (χ1n) is 6.00. The first-order valence-corrected chi connectivity index (χ1v) is 6.00. The molecule has 1 aromatic carbocycles. The lowest BCUT2D eigenvalue weighted by Crippen LogP contribution is -2.12. The quantitative estimate of drug-likeness (QED) is 0.726. The first kappa shape index (κ1) is 12.2. The number of pyridine rings is 2. The Morgan fingerprint density at radius 3 is 2.80 bits per heavy atom. The second-order valence-electron chi connectivity index (χ2n) is 4.23.